The number of ether oxygens (including phenoxy) is 1. The number of carbonyl (C=O) groups excluding carboxylic acids is 5. The Morgan fingerprint density at radius 1 is 0.936 bits per heavy atom. The van der Waals surface area contributed by atoms with E-state index in [-0.39, 0.29) is 37.0 Å². The van der Waals surface area contributed by atoms with Gasteiger partial charge in [0.2, 0.25) is 17.7 Å². The van der Waals surface area contributed by atoms with Gasteiger partial charge < -0.3 is 36.1 Å². The number of unbranched alkanes of at least 4 members (excludes halogenated alkanes) is 2. The molecule has 6 atom stereocenters. The molecule has 0 aromatic heterocycles. The molecule has 2 aromatic carbocycles. The van der Waals surface area contributed by atoms with Gasteiger partial charge in [0.25, 0.3) is 0 Å². The molecule has 2 heterocycles. The monoisotopic (exact) mass is 665 g/mol. The van der Waals surface area contributed by atoms with Gasteiger partial charge in [0.05, 0.1) is 24.7 Å². The Hall–Kier alpha value is -3.90. The van der Waals surface area contributed by atoms with Crippen LogP contribution < -0.4 is 26.6 Å². The highest BCUT2D eigenvalue weighted by Gasteiger charge is 2.42. The molecule has 0 bridgehead atoms. The van der Waals surface area contributed by atoms with E-state index in [0.29, 0.717) is 43.8 Å². The zero-order chi connectivity index (χ0) is 33.4. The van der Waals surface area contributed by atoms with Gasteiger partial charge in [-0.25, -0.2) is 4.79 Å². The average Bonchev–Trinajstić information content (AvgIpc) is 3.64. The highest BCUT2D eigenvalue weighted by molar-refractivity contribution is 8.00. The highest BCUT2D eigenvalue weighted by atomic mass is 32.2. The first kappa shape index (κ1) is 35.9. The van der Waals surface area contributed by atoms with Crippen LogP contribution in [0.25, 0.3) is 0 Å². The smallest absolute Gasteiger partial charge is 0.315 e. The number of aldehydes is 1. The quantitative estimate of drug-likeness (QED) is 0.0828. The third-order valence-electron chi connectivity index (χ3n) is 8.46. The lowest BCUT2D eigenvalue weighted by Gasteiger charge is -2.23. The molecule has 4 rings (SSSR count). The van der Waals surface area contributed by atoms with E-state index in [1.54, 1.807) is 6.92 Å². The Kier molecular flexibility index (Phi) is 14.6. The number of rotatable bonds is 20. The Bertz CT molecular complexity index is 1320. The normalized spacial score (nSPS) is 20.2. The van der Waals surface area contributed by atoms with Crippen LogP contribution in [0.1, 0.15) is 63.0 Å². The third-order valence-corrected chi connectivity index (χ3v) is 9.97. The number of thioether (sulfide) groups is 1. The predicted molar refractivity (Wildman–Crippen MR) is 182 cm³/mol. The van der Waals surface area contributed by atoms with Crippen LogP contribution in [0.15, 0.2) is 60.7 Å². The summed E-state index contributed by atoms with van der Waals surface area (Å²) < 4.78 is 5.74. The van der Waals surface area contributed by atoms with Crippen molar-refractivity contribution in [1.29, 1.82) is 0 Å². The van der Waals surface area contributed by atoms with Crippen LogP contribution in [-0.4, -0.2) is 77.9 Å². The fourth-order valence-corrected chi connectivity index (χ4v) is 7.30. The molecule has 0 spiro atoms. The first-order valence-corrected chi connectivity index (χ1v) is 17.6. The molecule has 0 aliphatic carbocycles. The molecule has 5 amide bonds. The third kappa shape index (κ3) is 12.0. The molecular formula is C35H47N5O6S. The lowest BCUT2D eigenvalue weighted by Crippen LogP contribution is -2.53. The minimum absolute atomic E-state index is 0.000464. The summed E-state index contributed by atoms with van der Waals surface area (Å²) in [6, 6.07) is 17.6. The van der Waals surface area contributed by atoms with Crippen molar-refractivity contribution in [2.75, 3.05) is 12.3 Å². The SMILES string of the molecule is CC(OCc1ccccc1)C(=O)N[C@@H](Cc1ccccc1)C(=O)N[C@H](C=O)CCCCNC(=O)CCCC[C@@H]1SC[C@@H]2NC(=O)N[C@@H]21. The Labute approximate surface area is 281 Å². The number of hydrogen-bond acceptors (Lipinski definition) is 7. The minimum atomic E-state index is -0.892. The number of benzene rings is 2. The average molecular weight is 666 g/mol. The lowest BCUT2D eigenvalue weighted by molar-refractivity contribution is -0.136. The van der Waals surface area contributed by atoms with Gasteiger partial charge in [0.1, 0.15) is 18.4 Å². The molecule has 2 fully saturated rings. The maximum atomic E-state index is 13.3. The van der Waals surface area contributed by atoms with Gasteiger partial charge >= 0.3 is 6.03 Å². The van der Waals surface area contributed by atoms with Crippen molar-refractivity contribution >= 4 is 41.8 Å². The molecule has 47 heavy (non-hydrogen) atoms. The summed E-state index contributed by atoms with van der Waals surface area (Å²) in [4.78, 5) is 62.0. The maximum Gasteiger partial charge on any atom is 0.315 e. The molecule has 1 unspecified atom stereocenters. The van der Waals surface area contributed by atoms with Gasteiger partial charge in [-0.2, -0.15) is 11.8 Å². The summed E-state index contributed by atoms with van der Waals surface area (Å²) in [5, 5.41) is 14.9. The van der Waals surface area contributed by atoms with Crippen LogP contribution in [0.2, 0.25) is 0 Å². The molecule has 0 saturated carbocycles. The largest absolute Gasteiger partial charge is 0.364 e. The molecule has 2 saturated heterocycles. The van der Waals surface area contributed by atoms with Gasteiger partial charge in [-0.15, -0.1) is 0 Å². The van der Waals surface area contributed by atoms with Crippen molar-refractivity contribution in [2.45, 2.75) is 100 Å². The van der Waals surface area contributed by atoms with Crippen LogP contribution in [0.5, 0.6) is 0 Å². The number of hydrogen-bond donors (Lipinski definition) is 5. The Morgan fingerprint density at radius 2 is 1.66 bits per heavy atom. The van der Waals surface area contributed by atoms with Crippen molar-refractivity contribution in [2.24, 2.45) is 0 Å². The summed E-state index contributed by atoms with van der Waals surface area (Å²) in [5.41, 5.74) is 1.81. The topological polar surface area (TPSA) is 155 Å². The lowest BCUT2D eigenvalue weighted by atomic mass is 10.0. The Morgan fingerprint density at radius 3 is 2.38 bits per heavy atom. The number of amides is 5. The van der Waals surface area contributed by atoms with E-state index < -0.39 is 30.0 Å². The van der Waals surface area contributed by atoms with Crippen LogP contribution >= 0.6 is 11.8 Å². The van der Waals surface area contributed by atoms with Gasteiger partial charge in [0.15, 0.2) is 0 Å². The van der Waals surface area contributed by atoms with Crippen molar-refractivity contribution in [3.05, 3.63) is 71.8 Å². The van der Waals surface area contributed by atoms with Crippen LogP contribution in [0.3, 0.4) is 0 Å². The number of fused-ring (bicyclic) bond motifs is 1. The zero-order valence-corrected chi connectivity index (χ0v) is 27.8. The second-order valence-corrected chi connectivity index (χ2v) is 13.4. The first-order chi connectivity index (χ1) is 22.8. The van der Waals surface area contributed by atoms with Crippen molar-refractivity contribution < 1.29 is 28.7 Å². The molecule has 5 N–H and O–H groups in total. The second kappa shape index (κ2) is 19.0. The van der Waals surface area contributed by atoms with E-state index >= 15 is 0 Å². The highest BCUT2D eigenvalue weighted by Crippen LogP contribution is 2.33. The van der Waals surface area contributed by atoms with Crippen LogP contribution in [0, 0.1) is 0 Å². The van der Waals surface area contributed by atoms with E-state index in [9.17, 15) is 24.0 Å². The van der Waals surface area contributed by atoms with Gasteiger partial charge in [-0.1, -0.05) is 67.1 Å². The van der Waals surface area contributed by atoms with E-state index in [1.165, 1.54) is 0 Å². The molecule has 2 aromatic rings. The number of urea groups is 1. The Balaban J connectivity index is 1.14. The van der Waals surface area contributed by atoms with Gasteiger partial charge in [-0.3, -0.25) is 14.4 Å². The predicted octanol–water partition coefficient (Wildman–Crippen LogP) is 3.02. The van der Waals surface area contributed by atoms with Crippen LogP contribution in [-0.2, 0) is 36.9 Å². The van der Waals surface area contributed by atoms with E-state index in [4.69, 9.17) is 4.74 Å². The minimum Gasteiger partial charge on any atom is -0.364 e. The number of carbonyl (C=O) groups is 5. The fourth-order valence-electron chi connectivity index (χ4n) is 5.76. The molecule has 12 heteroatoms. The second-order valence-electron chi connectivity index (χ2n) is 12.2. The zero-order valence-electron chi connectivity index (χ0n) is 27.0. The summed E-state index contributed by atoms with van der Waals surface area (Å²) in [6.45, 7) is 2.40. The van der Waals surface area contributed by atoms with Crippen molar-refractivity contribution in [1.82, 2.24) is 26.6 Å². The van der Waals surface area contributed by atoms with Crippen molar-refractivity contribution in [3.63, 3.8) is 0 Å². The van der Waals surface area contributed by atoms with E-state index in [2.05, 4.69) is 26.6 Å². The van der Waals surface area contributed by atoms with Crippen LogP contribution in [0.4, 0.5) is 4.79 Å². The molecule has 0 radical (unpaired) electrons. The van der Waals surface area contributed by atoms with E-state index in [0.717, 1.165) is 36.1 Å². The summed E-state index contributed by atoms with van der Waals surface area (Å²) >= 11 is 1.88. The maximum absolute atomic E-state index is 13.3. The molecule has 2 aliphatic heterocycles. The number of nitrogens with one attached hydrogen (secondary N) is 5. The summed E-state index contributed by atoms with van der Waals surface area (Å²) in [6.07, 6.45) is 5.04. The molecule has 2 aliphatic rings. The first-order valence-electron chi connectivity index (χ1n) is 16.5. The molecule has 254 valence electrons. The van der Waals surface area contributed by atoms with Crippen molar-refractivity contribution in [3.8, 4) is 0 Å². The molecule has 11 nitrogen and oxygen atoms in total. The molecular weight excluding hydrogens is 618 g/mol. The standard InChI is InChI=1S/C35H47N5O6S/c1-24(46-22-26-14-6-3-7-15-26)33(43)38-28(20-25-12-4-2-5-13-25)34(44)37-27(21-41)16-10-11-19-36-31(42)18-9-8-17-30-32-29(23-47-30)39-35(45)40-32/h2-7,12-15,21,24,27-30,32H,8-11,16-20,22-23H2,1H3,(H,36,42)(H,37,44)(H,38,43)(H2,39,40,45)/t24?,27-,28-,29-,30-,32-/m0/s1. The van der Waals surface area contributed by atoms with Gasteiger partial charge in [0, 0.05) is 30.4 Å². The van der Waals surface area contributed by atoms with E-state index in [1.807, 2.05) is 72.4 Å². The van der Waals surface area contributed by atoms with Gasteiger partial charge in [-0.05, 0) is 50.2 Å². The fraction of sp³-hybridized carbons (Fsp3) is 0.514. The summed E-state index contributed by atoms with van der Waals surface area (Å²) in [5.74, 6) is 0.0692. The summed E-state index contributed by atoms with van der Waals surface area (Å²) in [7, 11) is 0.